The Labute approximate surface area is 192 Å². The molecule has 2 heterocycles. The molecule has 2 unspecified atom stereocenters. The summed E-state index contributed by atoms with van der Waals surface area (Å²) in [6.45, 7) is 2.48. The first kappa shape index (κ1) is 22.1. The zero-order chi connectivity index (χ0) is 23.6. The highest BCUT2D eigenvalue weighted by Gasteiger charge is 2.49. The zero-order valence-corrected chi connectivity index (χ0v) is 19.1. The number of nitrogens with zero attached hydrogens (tertiary/aromatic N) is 2. The maximum atomic E-state index is 13.3. The lowest BCUT2D eigenvalue weighted by Gasteiger charge is -2.50. The van der Waals surface area contributed by atoms with Crippen LogP contribution in [-0.4, -0.2) is 42.3 Å². The predicted octanol–water partition coefficient (Wildman–Crippen LogP) is 4.64. The number of hydrogen-bond acceptors (Lipinski definition) is 6. The Kier molecular flexibility index (Phi) is 4.98. The van der Waals surface area contributed by atoms with Gasteiger partial charge in [-0.1, -0.05) is 13.0 Å². The van der Waals surface area contributed by atoms with Crippen LogP contribution < -0.4 is 4.18 Å². The van der Waals surface area contributed by atoms with Gasteiger partial charge in [0.25, 0.3) is 5.91 Å². The van der Waals surface area contributed by atoms with Crippen LogP contribution in [0.1, 0.15) is 41.3 Å². The van der Waals surface area contributed by atoms with E-state index >= 15 is 0 Å². The molecule has 0 saturated carbocycles. The van der Waals surface area contributed by atoms with E-state index in [0.717, 1.165) is 21.3 Å². The molecular weight excluding hydrogens is 477 g/mol. The Morgan fingerprint density at radius 1 is 1.24 bits per heavy atom. The van der Waals surface area contributed by atoms with Gasteiger partial charge in [0.15, 0.2) is 0 Å². The van der Waals surface area contributed by atoms with Crippen molar-refractivity contribution in [3.63, 3.8) is 0 Å². The standard InChI is InChI=1S/C22H19F3N2O4S2/c1-21-6-7-27(20(28)14-3-5-18-19(9-14)32-12-26-18)15(11-21)8-13-2-4-16(10-17(13)21)31-33(29,30)22(23,24)25/h2-5,9-10,12,15H,6-8,11H2,1H3. The second-order valence-corrected chi connectivity index (χ2v) is 11.1. The van der Waals surface area contributed by atoms with E-state index in [0.29, 0.717) is 31.4 Å². The molecule has 2 aliphatic rings. The molecule has 1 aliphatic heterocycles. The third kappa shape index (κ3) is 3.76. The third-order valence-corrected chi connectivity index (χ3v) is 8.32. The first-order valence-electron chi connectivity index (χ1n) is 10.3. The van der Waals surface area contributed by atoms with E-state index in [-0.39, 0.29) is 17.7 Å². The van der Waals surface area contributed by atoms with Crippen molar-refractivity contribution in [3.05, 3.63) is 58.6 Å². The lowest BCUT2D eigenvalue weighted by molar-refractivity contribution is -0.0500. The molecule has 5 rings (SSSR count). The Bertz CT molecular complexity index is 1370. The molecule has 1 saturated heterocycles. The summed E-state index contributed by atoms with van der Waals surface area (Å²) in [7, 11) is -5.74. The number of fused-ring (bicyclic) bond motifs is 5. The van der Waals surface area contributed by atoms with Crippen LogP contribution in [0.5, 0.6) is 5.75 Å². The molecule has 2 atom stereocenters. The van der Waals surface area contributed by atoms with Crippen molar-refractivity contribution in [3.8, 4) is 5.75 Å². The van der Waals surface area contributed by atoms with Crippen LogP contribution in [-0.2, 0) is 22.0 Å². The first-order chi connectivity index (χ1) is 15.5. The lowest BCUT2D eigenvalue weighted by Crippen LogP contribution is -2.54. The lowest BCUT2D eigenvalue weighted by atomic mass is 9.65. The normalized spacial score (nSPS) is 22.8. The fourth-order valence-corrected chi connectivity index (χ4v) is 6.07. The Hall–Kier alpha value is -2.66. The van der Waals surface area contributed by atoms with Crippen molar-refractivity contribution in [2.75, 3.05) is 6.54 Å². The minimum absolute atomic E-state index is 0.0583. The molecule has 6 nitrogen and oxygen atoms in total. The number of alkyl halides is 3. The van der Waals surface area contributed by atoms with Gasteiger partial charge in [-0.15, -0.1) is 11.3 Å². The van der Waals surface area contributed by atoms with Crippen LogP contribution >= 0.6 is 11.3 Å². The van der Waals surface area contributed by atoms with Crippen molar-refractivity contribution in [2.24, 2.45) is 0 Å². The van der Waals surface area contributed by atoms with Crippen molar-refractivity contribution in [2.45, 2.75) is 43.2 Å². The molecule has 1 aromatic heterocycles. The minimum atomic E-state index is -5.74. The second kappa shape index (κ2) is 7.42. The number of piperidine rings is 1. The topological polar surface area (TPSA) is 76.6 Å². The summed E-state index contributed by atoms with van der Waals surface area (Å²) in [5, 5.41) is 0. The van der Waals surface area contributed by atoms with E-state index in [1.54, 1.807) is 17.6 Å². The van der Waals surface area contributed by atoms with E-state index in [4.69, 9.17) is 0 Å². The Morgan fingerprint density at radius 2 is 2.03 bits per heavy atom. The van der Waals surface area contributed by atoms with Crippen molar-refractivity contribution < 1.29 is 30.6 Å². The predicted molar refractivity (Wildman–Crippen MR) is 117 cm³/mol. The van der Waals surface area contributed by atoms with E-state index in [1.165, 1.54) is 23.5 Å². The Morgan fingerprint density at radius 3 is 2.79 bits per heavy atom. The minimum Gasteiger partial charge on any atom is -0.376 e. The molecule has 0 radical (unpaired) electrons. The molecule has 0 spiro atoms. The third-order valence-electron chi connectivity index (χ3n) is 6.55. The number of likely N-dealkylation sites (tertiary alicyclic amines) is 1. The number of amides is 1. The number of rotatable bonds is 3. The van der Waals surface area contributed by atoms with Crippen LogP contribution in [0.2, 0.25) is 0 Å². The van der Waals surface area contributed by atoms with Crippen molar-refractivity contribution in [1.82, 2.24) is 9.88 Å². The molecule has 174 valence electrons. The summed E-state index contributed by atoms with van der Waals surface area (Å²) in [6, 6.07) is 9.62. The number of benzene rings is 2. The fraction of sp³-hybridized carbons (Fsp3) is 0.364. The largest absolute Gasteiger partial charge is 0.534 e. The molecular formula is C22H19F3N2O4S2. The molecule has 2 aromatic carbocycles. The van der Waals surface area contributed by atoms with Gasteiger partial charge < -0.3 is 9.08 Å². The Balaban J connectivity index is 1.42. The molecule has 11 heteroatoms. The monoisotopic (exact) mass is 496 g/mol. The number of carbonyl (C=O) groups excluding carboxylic acids is 1. The maximum absolute atomic E-state index is 13.3. The molecule has 2 bridgehead atoms. The molecule has 33 heavy (non-hydrogen) atoms. The quantitative estimate of drug-likeness (QED) is 0.390. The summed E-state index contributed by atoms with van der Waals surface area (Å²) in [5.74, 6) is -0.417. The first-order valence-corrected chi connectivity index (χ1v) is 12.5. The highest BCUT2D eigenvalue weighted by atomic mass is 32.2. The maximum Gasteiger partial charge on any atom is 0.534 e. The van der Waals surface area contributed by atoms with E-state index in [9.17, 15) is 26.4 Å². The highest BCUT2D eigenvalue weighted by molar-refractivity contribution is 7.88. The summed E-state index contributed by atoms with van der Waals surface area (Å²) in [4.78, 5) is 19.4. The van der Waals surface area contributed by atoms with E-state index in [2.05, 4.69) is 9.17 Å². The number of hydrogen-bond donors (Lipinski definition) is 0. The molecule has 1 aliphatic carbocycles. The van der Waals surface area contributed by atoms with Crippen LogP contribution in [0.25, 0.3) is 10.2 Å². The van der Waals surface area contributed by atoms with Crippen LogP contribution in [0, 0.1) is 0 Å². The summed E-state index contributed by atoms with van der Waals surface area (Å²) < 4.78 is 66.2. The average molecular weight is 497 g/mol. The van der Waals surface area contributed by atoms with Gasteiger partial charge in [-0.25, -0.2) is 4.98 Å². The number of aromatic nitrogens is 1. The number of carbonyl (C=O) groups is 1. The van der Waals surface area contributed by atoms with Gasteiger partial charge in [-0.05, 0) is 66.1 Å². The van der Waals surface area contributed by atoms with Gasteiger partial charge >= 0.3 is 15.6 Å². The number of thiazole rings is 1. The molecule has 1 fully saturated rings. The van der Waals surface area contributed by atoms with Gasteiger partial charge in [-0.3, -0.25) is 4.79 Å². The fourth-order valence-electron chi connectivity index (χ4n) is 4.91. The van der Waals surface area contributed by atoms with Gasteiger partial charge in [0.05, 0.1) is 15.7 Å². The van der Waals surface area contributed by atoms with Crippen molar-refractivity contribution >= 4 is 37.6 Å². The van der Waals surface area contributed by atoms with Crippen molar-refractivity contribution in [1.29, 1.82) is 0 Å². The van der Waals surface area contributed by atoms with E-state index in [1.807, 2.05) is 24.0 Å². The van der Waals surface area contributed by atoms with Crippen LogP contribution in [0.4, 0.5) is 13.2 Å². The zero-order valence-electron chi connectivity index (χ0n) is 17.4. The SMILES string of the molecule is CC12CCN(C(=O)c3ccc4ncsc4c3)C(Cc3ccc(OS(=O)(=O)C(F)(F)F)cc31)C2. The average Bonchev–Trinajstić information content (AvgIpc) is 3.21. The molecule has 0 N–H and O–H groups in total. The molecule has 1 amide bonds. The smallest absolute Gasteiger partial charge is 0.376 e. The van der Waals surface area contributed by atoms with Crippen LogP contribution in [0.3, 0.4) is 0 Å². The van der Waals surface area contributed by atoms with Crippen LogP contribution in [0.15, 0.2) is 41.9 Å². The van der Waals surface area contributed by atoms with Gasteiger partial charge in [0, 0.05) is 18.2 Å². The van der Waals surface area contributed by atoms with E-state index < -0.39 is 21.0 Å². The van der Waals surface area contributed by atoms with Gasteiger partial charge in [-0.2, -0.15) is 21.6 Å². The molecule has 3 aromatic rings. The summed E-state index contributed by atoms with van der Waals surface area (Å²) >= 11 is 1.47. The highest BCUT2D eigenvalue weighted by Crippen LogP contribution is 2.46. The number of halogens is 3. The second-order valence-electron chi connectivity index (χ2n) is 8.71. The summed E-state index contributed by atoms with van der Waals surface area (Å²) in [6.07, 6.45) is 1.76. The van der Waals surface area contributed by atoms with Gasteiger partial charge in [0.1, 0.15) is 5.75 Å². The summed E-state index contributed by atoms with van der Waals surface area (Å²) in [5.41, 5.74) is -1.07. The van der Waals surface area contributed by atoms with Gasteiger partial charge in [0.2, 0.25) is 0 Å².